The van der Waals surface area contributed by atoms with Crippen LogP contribution in [0.1, 0.15) is 145 Å². The number of aryl methyl sites for hydroxylation is 2. The number of anilines is 4. The van der Waals surface area contributed by atoms with Gasteiger partial charge in [-0.05, 0) is 136 Å². The lowest BCUT2D eigenvalue weighted by molar-refractivity contribution is 0.340. The molecule has 0 bridgehead atoms. The van der Waals surface area contributed by atoms with Crippen molar-refractivity contribution in [3.63, 3.8) is 0 Å². The molecule has 4 aliphatic rings. The highest BCUT2D eigenvalue weighted by Gasteiger charge is 2.49. The van der Waals surface area contributed by atoms with Crippen molar-refractivity contribution in [2.45, 2.75) is 147 Å². The minimum Gasteiger partial charge on any atom is -0.470 e. The first-order chi connectivity index (χ1) is 29.3. The average Bonchev–Trinajstić information content (AvgIpc) is 3.23. The molecular formula is C59H79BN2OP+. The van der Waals surface area contributed by atoms with E-state index in [-0.39, 0.29) is 33.8 Å². The van der Waals surface area contributed by atoms with Crippen LogP contribution in [0.3, 0.4) is 0 Å². The molecule has 4 aliphatic heterocycles. The third-order valence-corrected chi connectivity index (χ3v) is 17.7. The first-order valence-corrected chi connectivity index (χ1v) is 26.6. The summed E-state index contributed by atoms with van der Waals surface area (Å²) in [6.07, 6.45) is 12.7. The number of hydrogen-bond donors (Lipinski definition) is 0. The molecule has 0 atom stereocenters. The predicted molar refractivity (Wildman–Crippen MR) is 285 cm³/mol. The number of nitrogens with zero attached hydrogens (tertiary/aromatic N) is 2. The van der Waals surface area contributed by atoms with Crippen LogP contribution in [0.25, 0.3) is 0 Å². The highest BCUT2D eigenvalue weighted by molar-refractivity contribution is 7.78. The van der Waals surface area contributed by atoms with E-state index in [0.29, 0.717) is 5.76 Å². The fraction of sp³-hybridized carbons (Fsp3) is 0.458. The summed E-state index contributed by atoms with van der Waals surface area (Å²) in [7, 11) is -1.42. The lowest BCUT2D eigenvalue weighted by Crippen LogP contribution is -2.51. The van der Waals surface area contributed by atoms with Crippen molar-refractivity contribution in [3.8, 4) is 0 Å². The number of ether oxygens (including phenoxy) is 1. The molecule has 0 saturated carbocycles. The quantitative estimate of drug-likeness (QED) is 0.148. The molecule has 0 spiro atoms. The van der Waals surface area contributed by atoms with Crippen LogP contribution >= 0.6 is 7.26 Å². The molecule has 3 nitrogen and oxygen atoms in total. The van der Waals surface area contributed by atoms with Crippen molar-refractivity contribution in [1.82, 2.24) is 0 Å². The monoisotopic (exact) mass is 874 g/mol. The van der Waals surface area contributed by atoms with Gasteiger partial charge in [-0.25, -0.2) is 0 Å². The lowest BCUT2D eigenvalue weighted by atomic mass is 9.35. The van der Waals surface area contributed by atoms with E-state index in [1.165, 1.54) is 85.0 Å². The molecule has 1 fully saturated rings. The number of hydrogen-bond acceptors (Lipinski definition) is 3. The van der Waals surface area contributed by atoms with Crippen molar-refractivity contribution in [2.75, 3.05) is 29.3 Å². The molecule has 0 aromatic heterocycles. The largest absolute Gasteiger partial charge is 0.470 e. The molecule has 0 amide bonds. The van der Waals surface area contributed by atoms with E-state index in [1.807, 2.05) is 0 Å². The smallest absolute Gasteiger partial charge is 0.292 e. The standard InChI is InChI=1S/C59H79BN2OP/c1-37-32-43(57(12,13)14)33-38(2)53(37)62-47(27-22-39(3)55(6,7)8)41(5)60-52-49(35-44(36-50(52)62)58(15,16)17)61(45-25-23-42(24-26-45)56(9,10)11)48-28-29-51-46(34-40(4)63-54(48)60)59(18,19)30-31-64(51,20)21/h22-27,29,32-36H,3-4,28,30-31H2,1-2,5-21H3/q+1/b27-22-,46-34?,51-29+. The molecule has 5 heteroatoms. The van der Waals surface area contributed by atoms with Crippen LogP contribution in [0.2, 0.25) is 0 Å². The van der Waals surface area contributed by atoms with Crippen LogP contribution in [-0.2, 0) is 21.0 Å². The Balaban J connectivity index is 1.64. The van der Waals surface area contributed by atoms with Crippen molar-refractivity contribution in [3.05, 3.63) is 159 Å². The minimum atomic E-state index is -1.42. The Bertz CT molecular complexity index is 2570. The third kappa shape index (κ3) is 8.63. The summed E-state index contributed by atoms with van der Waals surface area (Å²) >= 11 is 0. The number of fused-ring (bicyclic) bond motifs is 2. The molecule has 1 saturated heterocycles. The van der Waals surface area contributed by atoms with Crippen molar-refractivity contribution in [1.29, 1.82) is 0 Å². The van der Waals surface area contributed by atoms with Crippen LogP contribution in [0.4, 0.5) is 22.7 Å². The van der Waals surface area contributed by atoms with Crippen molar-refractivity contribution < 1.29 is 4.74 Å². The van der Waals surface area contributed by atoms with Gasteiger partial charge in [0.05, 0.1) is 41.8 Å². The van der Waals surface area contributed by atoms with E-state index in [4.69, 9.17) is 11.3 Å². The highest BCUT2D eigenvalue weighted by Crippen LogP contribution is 2.69. The van der Waals surface area contributed by atoms with Gasteiger partial charge >= 0.3 is 0 Å². The van der Waals surface area contributed by atoms with Crippen molar-refractivity contribution >= 4 is 42.2 Å². The Kier molecular flexibility index (Phi) is 11.9. The van der Waals surface area contributed by atoms with Gasteiger partial charge in [-0.2, -0.15) is 0 Å². The number of benzene rings is 3. The molecule has 0 unspecified atom stereocenters. The van der Waals surface area contributed by atoms with E-state index < -0.39 is 7.26 Å². The maximum Gasteiger partial charge on any atom is 0.292 e. The summed E-state index contributed by atoms with van der Waals surface area (Å²) in [5.74, 6) is 0.711. The summed E-state index contributed by atoms with van der Waals surface area (Å²) in [5, 5.41) is 1.52. The first kappa shape index (κ1) is 47.7. The van der Waals surface area contributed by atoms with E-state index in [1.54, 1.807) is 0 Å². The Morgan fingerprint density at radius 1 is 0.766 bits per heavy atom. The summed E-state index contributed by atoms with van der Waals surface area (Å²) in [6.45, 7) is 53.7. The molecule has 3 aromatic carbocycles. The molecule has 338 valence electrons. The molecule has 7 rings (SSSR count). The molecule has 0 radical (unpaired) electrons. The van der Waals surface area contributed by atoms with Gasteiger partial charge in [-0.1, -0.05) is 146 Å². The summed E-state index contributed by atoms with van der Waals surface area (Å²) in [6, 6.07) is 19.2. The van der Waals surface area contributed by atoms with Gasteiger partial charge in [0.15, 0.2) is 0 Å². The lowest BCUT2D eigenvalue weighted by Gasteiger charge is -2.46. The van der Waals surface area contributed by atoms with Crippen LogP contribution in [0.15, 0.2) is 131 Å². The second-order valence-corrected chi connectivity index (χ2v) is 29.0. The van der Waals surface area contributed by atoms with Gasteiger partial charge in [-0.15, -0.1) is 0 Å². The fourth-order valence-electron chi connectivity index (χ4n) is 10.1. The van der Waals surface area contributed by atoms with Gasteiger partial charge < -0.3 is 14.5 Å². The van der Waals surface area contributed by atoms with E-state index in [0.717, 1.165) is 29.0 Å². The Hall–Kier alpha value is -4.27. The predicted octanol–water partition coefficient (Wildman–Crippen LogP) is 16.4. The molecule has 3 aromatic rings. The Morgan fingerprint density at radius 3 is 1.83 bits per heavy atom. The zero-order chi connectivity index (χ0) is 47.4. The fourth-order valence-corrected chi connectivity index (χ4v) is 13.1. The average molecular weight is 874 g/mol. The summed E-state index contributed by atoms with van der Waals surface area (Å²) < 4.78 is 7.45. The van der Waals surface area contributed by atoms with Crippen LogP contribution < -0.4 is 15.3 Å². The summed E-state index contributed by atoms with van der Waals surface area (Å²) in [5.41, 5.74) is 19.5. The van der Waals surface area contributed by atoms with E-state index in [9.17, 15) is 0 Å². The van der Waals surface area contributed by atoms with E-state index >= 15 is 0 Å². The van der Waals surface area contributed by atoms with Crippen LogP contribution in [-0.4, -0.2) is 26.2 Å². The van der Waals surface area contributed by atoms with Gasteiger partial charge in [0.1, 0.15) is 5.76 Å². The van der Waals surface area contributed by atoms with Crippen LogP contribution in [0, 0.1) is 24.7 Å². The van der Waals surface area contributed by atoms with Gasteiger partial charge in [0.25, 0.3) is 6.71 Å². The second-order valence-electron chi connectivity index (χ2n) is 24.7. The second kappa shape index (κ2) is 16.0. The maximum atomic E-state index is 7.45. The molecule has 0 N–H and O–H groups in total. The first-order valence-electron chi connectivity index (χ1n) is 23.8. The topological polar surface area (TPSA) is 15.7 Å². The highest BCUT2D eigenvalue weighted by atomic mass is 31.2. The number of rotatable bonds is 4. The SMILES string of the molecule is C=C1C=C2/C(=C\CC3=C(O1)B1C(C)=C(/C=C\C(=C)C(C)(C)C)N(c4c(C)cc(C(C)(C)C)cc4C)c4cc(C(C)(C)C)cc(c41)N3c1ccc(C(C)(C)C)cc1)[P+](C)(C)CCC2(C)C. The Morgan fingerprint density at radius 2 is 1.30 bits per heavy atom. The molecule has 0 aliphatic carbocycles. The van der Waals surface area contributed by atoms with Gasteiger partial charge in [-0.3, -0.25) is 0 Å². The number of allylic oxidation sites excluding steroid dienone is 8. The zero-order valence-electron chi connectivity index (χ0n) is 43.3. The van der Waals surface area contributed by atoms with E-state index in [2.05, 4.69) is 220 Å². The zero-order valence-corrected chi connectivity index (χ0v) is 44.2. The van der Waals surface area contributed by atoms with Crippen molar-refractivity contribution in [2.24, 2.45) is 10.8 Å². The minimum absolute atomic E-state index is 0.0163. The maximum absolute atomic E-state index is 7.45. The third-order valence-electron chi connectivity index (χ3n) is 14.6. The molecular weight excluding hydrogens is 794 g/mol. The normalized spacial score (nSPS) is 19.9. The molecule has 4 heterocycles. The van der Waals surface area contributed by atoms with Gasteiger partial charge in [0.2, 0.25) is 0 Å². The van der Waals surface area contributed by atoms with Gasteiger partial charge in [0, 0.05) is 42.0 Å². The van der Waals surface area contributed by atoms with Crippen LogP contribution in [0.5, 0.6) is 0 Å². The molecule has 64 heavy (non-hydrogen) atoms. The summed E-state index contributed by atoms with van der Waals surface area (Å²) in [4.78, 5) is 5.16. The Labute approximate surface area is 390 Å².